The zero-order valence-electron chi connectivity index (χ0n) is 16.0. The molecule has 1 aromatic rings. The second-order valence-electron chi connectivity index (χ2n) is 7.22. The molecule has 1 saturated carbocycles. The van der Waals surface area contributed by atoms with E-state index in [1.54, 1.807) is 18.0 Å². The number of amides is 1. The zero-order chi connectivity index (χ0) is 19.4. The number of ether oxygens (including phenoxy) is 2. The second-order valence-corrected chi connectivity index (χ2v) is 9.26. The van der Waals surface area contributed by atoms with Crippen molar-refractivity contribution in [2.45, 2.75) is 49.5 Å². The molecule has 7 nitrogen and oxygen atoms in total. The van der Waals surface area contributed by atoms with Gasteiger partial charge < -0.3 is 14.4 Å². The van der Waals surface area contributed by atoms with Gasteiger partial charge in [-0.3, -0.25) is 4.79 Å². The van der Waals surface area contributed by atoms with E-state index in [9.17, 15) is 13.2 Å². The van der Waals surface area contributed by atoms with Crippen LogP contribution in [-0.4, -0.2) is 63.4 Å². The number of likely N-dealkylation sites (N-methyl/N-ethyl adjacent to an activating group) is 2. The second kappa shape index (κ2) is 8.48. The van der Waals surface area contributed by atoms with Crippen LogP contribution < -0.4 is 9.47 Å². The lowest BCUT2D eigenvalue weighted by molar-refractivity contribution is -0.132. The highest BCUT2D eigenvalue weighted by Crippen LogP contribution is 2.32. The molecule has 0 atom stereocenters. The van der Waals surface area contributed by atoms with Crippen LogP contribution in [0.15, 0.2) is 23.1 Å². The summed E-state index contributed by atoms with van der Waals surface area (Å²) in [5.41, 5.74) is 0. The lowest BCUT2D eigenvalue weighted by Gasteiger charge is -2.32. The molecule has 3 rings (SSSR count). The standard InChI is InChI=1S/C19H28N2O5S/c1-20(14-19(22)21(2)15-7-4-3-5-8-15)27(23,24)16-9-10-17-18(13-16)26-12-6-11-25-17/h9-10,13,15H,3-8,11-12,14H2,1-2H3. The number of carbonyl (C=O) groups is 1. The Morgan fingerprint density at radius 3 is 2.41 bits per heavy atom. The number of hydrogen-bond donors (Lipinski definition) is 0. The predicted molar refractivity (Wildman–Crippen MR) is 102 cm³/mol. The van der Waals surface area contributed by atoms with Crippen LogP contribution in [-0.2, 0) is 14.8 Å². The summed E-state index contributed by atoms with van der Waals surface area (Å²) < 4.78 is 38.0. The van der Waals surface area contributed by atoms with Gasteiger partial charge in [-0.1, -0.05) is 19.3 Å². The first-order valence-corrected chi connectivity index (χ1v) is 11.0. The van der Waals surface area contributed by atoms with Crippen molar-refractivity contribution in [3.63, 3.8) is 0 Å². The van der Waals surface area contributed by atoms with Gasteiger partial charge in [0, 0.05) is 32.6 Å². The minimum Gasteiger partial charge on any atom is -0.490 e. The third-order valence-electron chi connectivity index (χ3n) is 5.30. The fourth-order valence-corrected chi connectivity index (χ4v) is 4.68. The Labute approximate surface area is 161 Å². The first-order valence-electron chi connectivity index (χ1n) is 9.51. The number of hydrogen-bond acceptors (Lipinski definition) is 5. The number of nitrogens with zero attached hydrogens (tertiary/aromatic N) is 2. The highest BCUT2D eigenvalue weighted by atomic mass is 32.2. The summed E-state index contributed by atoms with van der Waals surface area (Å²) in [7, 11) is -0.588. The number of fused-ring (bicyclic) bond motifs is 1. The molecule has 0 unspecified atom stereocenters. The van der Waals surface area contributed by atoms with Crippen LogP contribution in [0.3, 0.4) is 0 Å². The van der Waals surface area contributed by atoms with E-state index in [4.69, 9.17) is 9.47 Å². The van der Waals surface area contributed by atoms with Crippen molar-refractivity contribution in [1.29, 1.82) is 0 Å². The first-order chi connectivity index (χ1) is 12.9. The van der Waals surface area contributed by atoms with Crippen LogP contribution in [0.25, 0.3) is 0 Å². The molecule has 1 heterocycles. The minimum absolute atomic E-state index is 0.0994. The Balaban J connectivity index is 1.70. The number of sulfonamides is 1. The fraction of sp³-hybridized carbons (Fsp3) is 0.632. The maximum atomic E-state index is 12.9. The van der Waals surface area contributed by atoms with E-state index in [0.29, 0.717) is 24.7 Å². The minimum atomic E-state index is -3.79. The van der Waals surface area contributed by atoms with Crippen molar-refractivity contribution in [2.24, 2.45) is 0 Å². The monoisotopic (exact) mass is 396 g/mol. The largest absolute Gasteiger partial charge is 0.490 e. The highest BCUT2D eigenvalue weighted by Gasteiger charge is 2.28. The van der Waals surface area contributed by atoms with Crippen molar-refractivity contribution in [3.05, 3.63) is 18.2 Å². The van der Waals surface area contributed by atoms with E-state index in [1.165, 1.54) is 25.6 Å². The molecule has 0 N–H and O–H groups in total. The van der Waals surface area contributed by atoms with Crippen molar-refractivity contribution >= 4 is 15.9 Å². The van der Waals surface area contributed by atoms with Crippen LogP contribution in [0, 0.1) is 0 Å². The van der Waals surface area contributed by atoms with Gasteiger partial charge in [0.25, 0.3) is 0 Å². The molecule has 27 heavy (non-hydrogen) atoms. The summed E-state index contributed by atoms with van der Waals surface area (Å²) in [5.74, 6) is 0.789. The average molecular weight is 397 g/mol. The summed E-state index contributed by atoms with van der Waals surface area (Å²) in [6.07, 6.45) is 6.17. The summed E-state index contributed by atoms with van der Waals surface area (Å²) in [6, 6.07) is 4.79. The van der Waals surface area contributed by atoms with Gasteiger partial charge in [-0.15, -0.1) is 0 Å². The molecular formula is C19H28N2O5S. The summed E-state index contributed by atoms with van der Waals surface area (Å²) >= 11 is 0. The van der Waals surface area contributed by atoms with E-state index in [0.717, 1.165) is 36.4 Å². The topological polar surface area (TPSA) is 76.2 Å². The van der Waals surface area contributed by atoms with Crippen LogP contribution in [0.4, 0.5) is 0 Å². The number of rotatable bonds is 5. The average Bonchev–Trinajstić information content (AvgIpc) is 2.92. The third-order valence-corrected chi connectivity index (χ3v) is 7.10. The molecule has 0 aromatic heterocycles. The van der Waals surface area contributed by atoms with Crippen LogP contribution in [0.5, 0.6) is 11.5 Å². The maximum Gasteiger partial charge on any atom is 0.243 e. The molecule has 0 bridgehead atoms. The van der Waals surface area contributed by atoms with Crippen molar-refractivity contribution in [1.82, 2.24) is 9.21 Å². The molecule has 1 aliphatic heterocycles. The van der Waals surface area contributed by atoms with Crippen LogP contribution in [0.1, 0.15) is 38.5 Å². The van der Waals surface area contributed by atoms with Crippen LogP contribution >= 0.6 is 0 Å². The number of carbonyl (C=O) groups excluding carboxylic acids is 1. The number of benzene rings is 1. The molecule has 8 heteroatoms. The summed E-state index contributed by atoms with van der Waals surface area (Å²) in [5, 5.41) is 0. The Bertz CT molecular complexity index is 774. The van der Waals surface area contributed by atoms with Crippen LogP contribution in [0.2, 0.25) is 0 Å². The van der Waals surface area contributed by atoms with E-state index in [1.807, 2.05) is 0 Å². The van der Waals surface area contributed by atoms with Gasteiger partial charge in [0.05, 0.1) is 24.7 Å². The zero-order valence-corrected chi connectivity index (χ0v) is 16.8. The van der Waals surface area contributed by atoms with Gasteiger partial charge in [-0.25, -0.2) is 8.42 Å². The Morgan fingerprint density at radius 2 is 1.70 bits per heavy atom. The molecule has 0 radical (unpaired) electrons. The van der Waals surface area contributed by atoms with Gasteiger partial charge in [0.15, 0.2) is 11.5 Å². The molecule has 1 amide bonds. The molecule has 2 aliphatic rings. The summed E-state index contributed by atoms with van der Waals surface area (Å²) in [4.78, 5) is 14.4. The van der Waals surface area contributed by atoms with Gasteiger partial charge in [0.1, 0.15) is 0 Å². The van der Waals surface area contributed by atoms with Gasteiger partial charge in [-0.05, 0) is 25.0 Å². The fourth-order valence-electron chi connectivity index (χ4n) is 3.54. The third kappa shape index (κ3) is 4.55. The van der Waals surface area contributed by atoms with Crippen molar-refractivity contribution in [2.75, 3.05) is 33.9 Å². The Kier molecular flexibility index (Phi) is 6.26. The summed E-state index contributed by atoms with van der Waals surface area (Å²) in [6.45, 7) is 0.849. The molecule has 1 aromatic carbocycles. The van der Waals surface area contributed by atoms with Gasteiger partial charge in [0.2, 0.25) is 15.9 Å². The lowest BCUT2D eigenvalue weighted by Crippen LogP contribution is -2.44. The van der Waals surface area contributed by atoms with Gasteiger partial charge >= 0.3 is 0 Å². The predicted octanol–water partition coefficient (Wildman–Crippen LogP) is 2.26. The highest BCUT2D eigenvalue weighted by molar-refractivity contribution is 7.89. The van der Waals surface area contributed by atoms with Gasteiger partial charge in [-0.2, -0.15) is 4.31 Å². The Hall–Kier alpha value is -1.80. The smallest absolute Gasteiger partial charge is 0.243 e. The molecule has 1 aliphatic carbocycles. The molecule has 150 valence electrons. The first kappa shape index (κ1) is 19.9. The van der Waals surface area contributed by atoms with E-state index < -0.39 is 10.0 Å². The molecule has 0 saturated heterocycles. The lowest BCUT2D eigenvalue weighted by atomic mass is 9.94. The normalized spacial score (nSPS) is 18.2. The maximum absolute atomic E-state index is 12.9. The molecule has 0 spiro atoms. The SMILES string of the molecule is CN(C(=O)CN(C)S(=O)(=O)c1ccc2c(c1)OCCCO2)C1CCCCC1. The quantitative estimate of drug-likeness (QED) is 0.763. The Morgan fingerprint density at radius 1 is 1.04 bits per heavy atom. The van der Waals surface area contributed by atoms with E-state index in [2.05, 4.69) is 0 Å². The van der Waals surface area contributed by atoms with E-state index >= 15 is 0 Å². The van der Waals surface area contributed by atoms with Crippen molar-refractivity contribution in [3.8, 4) is 11.5 Å². The van der Waals surface area contributed by atoms with Crippen molar-refractivity contribution < 1.29 is 22.7 Å². The molecular weight excluding hydrogens is 368 g/mol. The van der Waals surface area contributed by atoms with E-state index in [-0.39, 0.29) is 23.4 Å². The molecule has 1 fully saturated rings.